The van der Waals surface area contributed by atoms with Crippen LogP contribution < -0.4 is 5.73 Å². The fourth-order valence-electron chi connectivity index (χ4n) is 2.25. The van der Waals surface area contributed by atoms with E-state index < -0.39 is 0 Å². The molecule has 0 saturated heterocycles. The summed E-state index contributed by atoms with van der Waals surface area (Å²) >= 11 is 0. The van der Waals surface area contributed by atoms with E-state index in [9.17, 15) is 5.11 Å². The van der Waals surface area contributed by atoms with Crippen LogP contribution in [0.25, 0.3) is 0 Å². The van der Waals surface area contributed by atoms with Crippen molar-refractivity contribution >= 4 is 0 Å². The number of nitrogens with two attached hydrogens (primary N) is 1. The number of hydrogen-bond acceptors (Lipinski definition) is 4. The first kappa shape index (κ1) is 10.2. The van der Waals surface area contributed by atoms with Gasteiger partial charge >= 0.3 is 0 Å². The second kappa shape index (κ2) is 3.82. The molecule has 5 heteroatoms. The minimum absolute atomic E-state index is 0.259. The first-order valence-electron chi connectivity index (χ1n) is 6.10. The highest BCUT2D eigenvalue weighted by atomic mass is 16.3. The van der Waals surface area contributed by atoms with Crippen molar-refractivity contribution < 1.29 is 5.11 Å². The smallest absolute Gasteiger partial charge is 0.0997 e. The largest absolute Gasteiger partial charge is 0.391 e. The molecule has 3 rings (SSSR count). The van der Waals surface area contributed by atoms with Crippen LogP contribution >= 0.6 is 0 Å². The second-order valence-corrected chi connectivity index (χ2v) is 4.99. The molecule has 0 spiro atoms. The van der Waals surface area contributed by atoms with E-state index >= 15 is 0 Å². The number of aliphatic hydroxyl groups is 1. The van der Waals surface area contributed by atoms with Crippen molar-refractivity contribution in [2.75, 3.05) is 0 Å². The van der Waals surface area contributed by atoms with Crippen molar-refractivity contribution in [3.05, 3.63) is 11.4 Å². The molecule has 1 aromatic rings. The average Bonchev–Trinajstić information content (AvgIpc) is 3.16. The summed E-state index contributed by atoms with van der Waals surface area (Å²) in [6.07, 6.45) is 4.46. The standard InChI is InChI=1S/C11H18N4O/c12-5-9-11(8-3-4-8)15(14-13-9)6-10(16)7-1-2-7/h7-8,10,16H,1-6,12H2. The van der Waals surface area contributed by atoms with Gasteiger partial charge in [-0.2, -0.15) is 0 Å². The van der Waals surface area contributed by atoms with Gasteiger partial charge in [-0.05, 0) is 31.6 Å². The van der Waals surface area contributed by atoms with E-state index in [4.69, 9.17) is 5.73 Å². The van der Waals surface area contributed by atoms with Gasteiger partial charge in [0, 0.05) is 12.5 Å². The van der Waals surface area contributed by atoms with E-state index in [1.807, 2.05) is 4.68 Å². The first-order valence-corrected chi connectivity index (χ1v) is 6.10. The molecule has 0 radical (unpaired) electrons. The molecule has 1 aromatic heterocycles. The summed E-state index contributed by atoms with van der Waals surface area (Å²) in [4.78, 5) is 0. The lowest BCUT2D eigenvalue weighted by molar-refractivity contribution is 0.125. The number of rotatable bonds is 5. The molecule has 5 nitrogen and oxygen atoms in total. The van der Waals surface area contributed by atoms with Crippen LogP contribution in [-0.2, 0) is 13.1 Å². The molecule has 1 unspecified atom stereocenters. The van der Waals surface area contributed by atoms with Gasteiger partial charge in [-0.25, -0.2) is 4.68 Å². The van der Waals surface area contributed by atoms with E-state index in [0.717, 1.165) is 18.5 Å². The number of aromatic nitrogens is 3. The fourth-order valence-corrected chi connectivity index (χ4v) is 2.25. The lowest BCUT2D eigenvalue weighted by atomic mass is 10.2. The molecule has 88 valence electrons. The van der Waals surface area contributed by atoms with Gasteiger partial charge in [0.15, 0.2) is 0 Å². The maximum absolute atomic E-state index is 9.93. The van der Waals surface area contributed by atoms with Gasteiger partial charge in [0.2, 0.25) is 0 Å². The van der Waals surface area contributed by atoms with Crippen molar-refractivity contribution in [1.82, 2.24) is 15.0 Å². The second-order valence-electron chi connectivity index (χ2n) is 4.99. The molecule has 0 bridgehead atoms. The topological polar surface area (TPSA) is 77.0 Å². The molecule has 2 aliphatic rings. The van der Waals surface area contributed by atoms with Crippen molar-refractivity contribution in [3.8, 4) is 0 Å². The van der Waals surface area contributed by atoms with Crippen molar-refractivity contribution in [3.63, 3.8) is 0 Å². The predicted octanol–water partition coefficient (Wildman–Crippen LogP) is 0.385. The monoisotopic (exact) mass is 222 g/mol. The molecular formula is C11H18N4O. The van der Waals surface area contributed by atoms with Gasteiger partial charge in [0.05, 0.1) is 24.0 Å². The summed E-state index contributed by atoms with van der Waals surface area (Å²) in [5.41, 5.74) is 7.73. The molecule has 0 aromatic carbocycles. The predicted molar refractivity (Wildman–Crippen MR) is 58.6 cm³/mol. The van der Waals surface area contributed by atoms with Crippen LogP contribution in [0, 0.1) is 5.92 Å². The number of aliphatic hydroxyl groups excluding tert-OH is 1. The molecule has 0 amide bonds. The highest BCUT2D eigenvalue weighted by Gasteiger charge is 2.34. The minimum Gasteiger partial charge on any atom is -0.391 e. The van der Waals surface area contributed by atoms with Crippen molar-refractivity contribution in [2.24, 2.45) is 11.7 Å². The zero-order valence-electron chi connectivity index (χ0n) is 9.34. The van der Waals surface area contributed by atoms with Crippen LogP contribution in [0.3, 0.4) is 0 Å². The van der Waals surface area contributed by atoms with Gasteiger partial charge in [-0.1, -0.05) is 5.21 Å². The van der Waals surface area contributed by atoms with Gasteiger partial charge in [-0.15, -0.1) is 5.10 Å². The lowest BCUT2D eigenvalue weighted by Gasteiger charge is -2.11. The number of hydrogen-bond donors (Lipinski definition) is 2. The Balaban J connectivity index is 1.79. The van der Waals surface area contributed by atoms with E-state index in [1.165, 1.54) is 18.5 Å². The Kier molecular flexibility index (Phi) is 2.44. The molecule has 2 saturated carbocycles. The summed E-state index contributed by atoms with van der Waals surface area (Å²) < 4.78 is 1.88. The third-order valence-electron chi connectivity index (χ3n) is 3.53. The Morgan fingerprint density at radius 3 is 2.69 bits per heavy atom. The molecular weight excluding hydrogens is 204 g/mol. The molecule has 0 aliphatic heterocycles. The summed E-state index contributed by atoms with van der Waals surface area (Å²) in [6.45, 7) is 1.04. The quantitative estimate of drug-likeness (QED) is 0.755. The zero-order valence-corrected chi connectivity index (χ0v) is 9.34. The maximum Gasteiger partial charge on any atom is 0.0997 e. The fraction of sp³-hybridized carbons (Fsp3) is 0.818. The van der Waals surface area contributed by atoms with E-state index in [1.54, 1.807) is 0 Å². The molecule has 1 atom stereocenters. The Morgan fingerprint density at radius 1 is 1.38 bits per heavy atom. The maximum atomic E-state index is 9.93. The van der Waals surface area contributed by atoms with Gasteiger partial charge in [0.25, 0.3) is 0 Å². The Morgan fingerprint density at radius 2 is 2.12 bits per heavy atom. The zero-order chi connectivity index (χ0) is 11.1. The molecule has 16 heavy (non-hydrogen) atoms. The highest BCUT2D eigenvalue weighted by molar-refractivity contribution is 5.20. The Hall–Kier alpha value is -0.940. The van der Waals surface area contributed by atoms with Crippen LogP contribution in [0.2, 0.25) is 0 Å². The van der Waals surface area contributed by atoms with Crippen LogP contribution in [0.5, 0.6) is 0 Å². The van der Waals surface area contributed by atoms with Crippen LogP contribution in [0.1, 0.15) is 43.0 Å². The van der Waals surface area contributed by atoms with Crippen LogP contribution in [-0.4, -0.2) is 26.2 Å². The molecule has 1 heterocycles. The van der Waals surface area contributed by atoms with Crippen molar-refractivity contribution in [1.29, 1.82) is 0 Å². The summed E-state index contributed by atoms with van der Waals surface area (Å²) in [5, 5.41) is 18.2. The van der Waals surface area contributed by atoms with Crippen molar-refractivity contribution in [2.45, 2.75) is 50.8 Å². The van der Waals surface area contributed by atoms with Gasteiger partial charge < -0.3 is 10.8 Å². The van der Waals surface area contributed by atoms with Gasteiger partial charge in [-0.3, -0.25) is 0 Å². The minimum atomic E-state index is -0.259. The number of nitrogens with zero attached hydrogens (tertiary/aromatic N) is 3. The molecule has 2 fully saturated rings. The van der Waals surface area contributed by atoms with Gasteiger partial charge in [0.1, 0.15) is 0 Å². The normalized spacial score (nSPS) is 22.4. The molecule has 3 N–H and O–H groups in total. The summed E-state index contributed by atoms with van der Waals surface area (Å²) in [5.74, 6) is 1.07. The lowest BCUT2D eigenvalue weighted by Crippen LogP contribution is -2.20. The third kappa shape index (κ3) is 1.85. The highest BCUT2D eigenvalue weighted by Crippen LogP contribution is 2.41. The SMILES string of the molecule is NCc1nnn(CC(O)C2CC2)c1C1CC1. The Bertz CT molecular complexity index is 381. The average molecular weight is 222 g/mol. The van der Waals surface area contributed by atoms with Crippen LogP contribution in [0.4, 0.5) is 0 Å². The first-order chi connectivity index (χ1) is 7.79. The van der Waals surface area contributed by atoms with E-state index in [2.05, 4.69) is 10.3 Å². The Labute approximate surface area is 94.6 Å². The van der Waals surface area contributed by atoms with E-state index in [0.29, 0.717) is 24.9 Å². The third-order valence-corrected chi connectivity index (χ3v) is 3.53. The summed E-state index contributed by atoms with van der Waals surface area (Å²) in [6, 6.07) is 0. The van der Waals surface area contributed by atoms with Crippen LogP contribution in [0.15, 0.2) is 0 Å². The molecule has 2 aliphatic carbocycles. The summed E-state index contributed by atoms with van der Waals surface area (Å²) in [7, 11) is 0. The van der Waals surface area contributed by atoms with E-state index in [-0.39, 0.29) is 6.10 Å².